The molecule has 0 unspecified atom stereocenters. The van der Waals surface area contributed by atoms with Gasteiger partial charge in [-0.3, -0.25) is 4.98 Å². The van der Waals surface area contributed by atoms with Crippen molar-refractivity contribution in [2.45, 2.75) is 32.7 Å². The van der Waals surface area contributed by atoms with Crippen LogP contribution in [0.25, 0.3) is 0 Å². The van der Waals surface area contributed by atoms with Gasteiger partial charge in [-0.25, -0.2) is 4.98 Å². The van der Waals surface area contributed by atoms with Crippen molar-refractivity contribution >= 4 is 5.82 Å². The highest BCUT2D eigenvalue weighted by Gasteiger charge is 2.18. The standard InChI is InChI=1S/C16H29N5/c1-4-7-17-10-15-11-19-16(12-18-15)21(3)13-14-5-8-20(2)9-6-14/h11-12,14,17H,4-10,13H2,1-3H3. The third-order valence-electron chi connectivity index (χ3n) is 4.19. The third kappa shape index (κ3) is 5.25. The van der Waals surface area contributed by atoms with Gasteiger partial charge in [-0.05, 0) is 51.9 Å². The topological polar surface area (TPSA) is 44.3 Å². The minimum Gasteiger partial charge on any atom is -0.358 e. The van der Waals surface area contributed by atoms with Crippen LogP contribution in [0.5, 0.6) is 0 Å². The lowest BCUT2D eigenvalue weighted by molar-refractivity contribution is 0.222. The van der Waals surface area contributed by atoms with Gasteiger partial charge in [0.05, 0.1) is 18.1 Å². The van der Waals surface area contributed by atoms with E-state index < -0.39 is 0 Å². The lowest BCUT2D eigenvalue weighted by Gasteiger charge is -2.31. The van der Waals surface area contributed by atoms with Crippen molar-refractivity contribution in [3.8, 4) is 0 Å². The van der Waals surface area contributed by atoms with E-state index in [1.165, 1.54) is 25.9 Å². The van der Waals surface area contributed by atoms with Gasteiger partial charge in [0.25, 0.3) is 0 Å². The Bertz CT molecular complexity index is 398. The Balaban J connectivity index is 1.80. The Hall–Kier alpha value is -1.20. The fourth-order valence-electron chi connectivity index (χ4n) is 2.76. The van der Waals surface area contributed by atoms with Crippen LogP contribution in [0.3, 0.4) is 0 Å². The number of aromatic nitrogens is 2. The molecule has 21 heavy (non-hydrogen) atoms. The summed E-state index contributed by atoms with van der Waals surface area (Å²) in [6, 6.07) is 0. The molecule has 1 aliphatic rings. The molecule has 0 saturated carbocycles. The van der Waals surface area contributed by atoms with Gasteiger partial charge >= 0.3 is 0 Å². The summed E-state index contributed by atoms with van der Waals surface area (Å²) in [7, 11) is 4.33. The van der Waals surface area contributed by atoms with Gasteiger partial charge < -0.3 is 15.1 Å². The molecule has 0 spiro atoms. The largest absolute Gasteiger partial charge is 0.358 e. The van der Waals surface area contributed by atoms with Crippen molar-refractivity contribution < 1.29 is 0 Å². The Morgan fingerprint density at radius 2 is 2.05 bits per heavy atom. The lowest BCUT2D eigenvalue weighted by Crippen LogP contribution is -2.36. The molecule has 1 aliphatic heterocycles. The molecule has 0 atom stereocenters. The van der Waals surface area contributed by atoms with Gasteiger partial charge in [0.15, 0.2) is 0 Å². The second kappa shape index (κ2) is 8.29. The highest BCUT2D eigenvalue weighted by molar-refractivity contribution is 5.34. The van der Waals surface area contributed by atoms with Gasteiger partial charge in [-0.1, -0.05) is 6.92 Å². The van der Waals surface area contributed by atoms with Crippen LogP contribution in [0.4, 0.5) is 5.82 Å². The molecule has 118 valence electrons. The highest BCUT2D eigenvalue weighted by atomic mass is 15.2. The first-order valence-electron chi connectivity index (χ1n) is 8.10. The van der Waals surface area contributed by atoms with Crippen LogP contribution in [0.2, 0.25) is 0 Å². The fraction of sp³-hybridized carbons (Fsp3) is 0.750. The first kappa shape index (κ1) is 16.2. The van der Waals surface area contributed by atoms with Crippen LogP contribution in [0, 0.1) is 5.92 Å². The number of piperidine rings is 1. The van der Waals surface area contributed by atoms with Crippen molar-refractivity contribution in [1.82, 2.24) is 20.2 Å². The second-order valence-electron chi connectivity index (χ2n) is 6.17. The van der Waals surface area contributed by atoms with Crippen LogP contribution >= 0.6 is 0 Å². The van der Waals surface area contributed by atoms with Crippen molar-refractivity contribution in [1.29, 1.82) is 0 Å². The summed E-state index contributed by atoms with van der Waals surface area (Å²) in [5.74, 6) is 1.76. The fourth-order valence-corrected chi connectivity index (χ4v) is 2.76. The number of hydrogen-bond donors (Lipinski definition) is 1. The molecule has 1 aromatic rings. The molecule has 0 amide bonds. The van der Waals surface area contributed by atoms with Crippen LogP contribution in [-0.2, 0) is 6.54 Å². The molecule has 5 nitrogen and oxygen atoms in total. The van der Waals surface area contributed by atoms with E-state index in [2.05, 4.69) is 46.1 Å². The summed E-state index contributed by atoms with van der Waals surface area (Å²) in [5, 5.41) is 3.35. The van der Waals surface area contributed by atoms with E-state index in [0.29, 0.717) is 0 Å². The van der Waals surface area contributed by atoms with E-state index in [9.17, 15) is 0 Å². The van der Waals surface area contributed by atoms with Crippen molar-refractivity contribution in [2.24, 2.45) is 5.92 Å². The molecular weight excluding hydrogens is 262 g/mol. The smallest absolute Gasteiger partial charge is 0.146 e. The van der Waals surface area contributed by atoms with Crippen LogP contribution in [0.1, 0.15) is 31.9 Å². The van der Waals surface area contributed by atoms with Gasteiger partial charge in [-0.2, -0.15) is 0 Å². The minimum atomic E-state index is 0.777. The molecule has 1 fully saturated rings. The van der Waals surface area contributed by atoms with Crippen LogP contribution in [-0.4, -0.2) is 55.1 Å². The molecule has 5 heteroatoms. The third-order valence-corrected chi connectivity index (χ3v) is 4.19. The summed E-state index contributed by atoms with van der Waals surface area (Å²) in [5.41, 5.74) is 1.01. The maximum absolute atomic E-state index is 4.55. The zero-order chi connectivity index (χ0) is 15.1. The molecule has 0 radical (unpaired) electrons. The number of hydrogen-bond acceptors (Lipinski definition) is 5. The van der Waals surface area contributed by atoms with E-state index in [0.717, 1.165) is 43.5 Å². The monoisotopic (exact) mass is 291 g/mol. The summed E-state index contributed by atoms with van der Waals surface area (Å²) in [6.45, 7) is 7.51. The van der Waals surface area contributed by atoms with E-state index in [1.807, 2.05) is 12.4 Å². The molecule has 0 aliphatic carbocycles. The molecule has 2 rings (SSSR count). The summed E-state index contributed by atoms with van der Waals surface area (Å²) < 4.78 is 0. The van der Waals surface area contributed by atoms with Crippen molar-refractivity contribution in [3.63, 3.8) is 0 Å². The van der Waals surface area contributed by atoms with Crippen LogP contribution in [0.15, 0.2) is 12.4 Å². The Labute approximate surface area is 128 Å². The summed E-state index contributed by atoms with van der Waals surface area (Å²) >= 11 is 0. The van der Waals surface area contributed by atoms with E-state index in [1.54, 1.807) is 0 Å². The number of nitrogens with one attached hydrogen (secondary N) is 1. The first-order chi connectivity index (χ1) is 10.2. The average Bonchev–Trinajstić information content (AvgIpc) is 2.50. The van der Waals surface area contributed by atoms with E-state index in [-0.39, 0.29) is 0 Å². The zero-order valence-corrected chi connectivity index (χ0v) is 13.7. The number of rotatable bonds is 7. The molecule has 1 aromatic heterocycles. The van der Waals surface area contributed by atoms with Gasteiger partial charge in [-0.15, -0.1) is 0 Å². The maximum Gasteiger partial charge on any atom is 0.146 e. The van der Waals surface area contributed by atoms with Crippen LogP contribution < -0.4 is 10.2 Å². The molecule has 1 N–H and O–H groups in total. The molecule has 1 saturated heterocycles. The van der Waals surface area contributed by atoms with Gasteiger partial charge in [0.2, 0.25) is 0 Å². The number of anilines is 1. The summed E-state index contributed by atoms with van der Waals surface area (Å²) in [4.78, 5) is 13.7. The highest BCUT2D eigenvalue weighted by Crippen LogP contribution is 2.19. The average molecular weight is 291 g/mol. The van der Waals surface area contributed by atoms with Crippen molar-refractivity contribution in [3.05, 3.63) is 18.1 Å². The molecular formula is C16H29N5. The molecule has 0 bridgehead atoms. The normalized spacial score (nSPS) is 17.1. The minimum absolute atomic E-state index is 0.777. The Morgan fingerprint density at radius 3 is 2.67 bits per heavy atom. The predicted molar refractivity (Wildman–Crippen MR) is 87.5 cm³/mol. The van der Waals surface area contributed by atoms with E-state index in [4.69, 9.17) is 0 Å². The predicted octanol–water partition coefficient (Wildman–Crippen LogP) is 1.75. The van der Waals surface area contributed by atoms with Crippen molar-refractivity contribution in [2.75, 3.05) is 45.2 Å². The first-order valence-corrected chi connectivity index (χ1v) is 8.10. The maximum atomic E-state index is 4.55. The molecule has 2 heterocycles. The Morgan fingerprint density at radius 1 is 1.29 bits per heavy atom. The van der Waals surface area contributed by atoms with Gasteiger partial charge in [0.1, 0.15) is 5.82 Å². The summed E-state index contributed by atoms with van der Waals surface area (Å²) in [6.07, 6.45) is 7.51. The molecule has 0 aromatic carbocycles. The lowest BCUT2D eigenvalue weighted by atomic mass is 9.97. The SMILES string of the molecule is CCCNCc1cnc(N(C)CC2CCN(C)CC2)cn1. The van der Waals surface area contributed by atoms with Gasteiger partial charge in [0, 0.05) is 20.1 Å². The second-order valence-corrected chi connectivity index (χ2v) is 6.17. The number of likely N-dealkylation sites (tertiary alicyclic amines) is 1. The zero-order valence-electron chi connectivity index (χ0n) is 13.7. The number of nitrogens with zero attached hydrogens (tertiary/aromatic N) is 4. The van der Waals surface area contributed by atoms with E-state index >= 15 is 0 Å². The quantitative estimate of drug-likeness (QED) is 0.776. The Kier molecular flexibility index (Phi) is 6.39.